The maximum atomic E-state index is 2.49. The van der Waals surface area contributed by atoms with Crippen molar-refractivity contribution in [3.8, 4) is 61.3 Å². The minimum atomic E-state index is 1.09. The monoisotopic (exact) mass is 946 g/mol. The molecule has 3 heteroatoms. The van der Waals surface area contributed by atoms with Gasteiger partial charge >= 0.3 is 0 Å². The zero-order valence-electron chi connectivity index (χ0n) is 39.9. The molecule has 0 N–H and O–H groups in total. The lowest BCUT2D eigenvalue weighted by Gasteiger charge is -2.26. The van der Waals surface area contributed by atoms with Gasteiger partial charge in [0.2, 0.25) is 0 Å². The highest BCUT2D eigenvalue weighted by Crippen LogP contribution is 2.45. The second kappa shape index (κ2) is 17.8. The van der Waals surface area contributed by atoms with Gasteiger partial charge in [-0.1, -0.05) is 206 Å². The zero-order chi connectivity index (χ0) is 48.2. The number of fused-ring (bicyclic) bond motifs is 7. The van der Waals surface area contributed by atoms with Crippen molar-refractivity contribution in [3.05, 3.63) is 279 Å². The fourth-order valence-electron chi connectivity index (χ4n) is 11.2. The molecular formula is C70H46N2S. The third kappa shape index (κ3) is 7.49. The van der Waals surface area contributed by atoms with Crippen molar-refractivity contribution >= 4 is 81.1 Å². The van der Waals surface area contributed by atoms with Crippen molar-refractivity contribution < 1.29 is 0 Å². The number of benzene rings is 12. The van der Waals surface area contributed by atoms with E-state index in [-0.39, 0.29) is 0 Å². The fourth-order valence-corrected chi connectivity index (χ4v) is 12.3. The molecule has 2 nitrogen and oxygen atoms in total. The molecule has 73 heavy (non-hydrogen) atoms. The minimum Gasteiger partial charge on any atom is -0.310 e. The van der Waals surface area contributed by atoms with Crippen LogP contribution < -0.4 is 4.90 Å². The lowest BCUT2D eigenvalue weighted by Crippen LogP contribution is -2.10. The minimum absolute atomic E-state index is 1.09. The summed E-state index contributed by atoms with van der Waals surface area (Å²) in [6.45, 7) is 0. The average molecular weight is 947 g/mol. The molecule has 14 rings (SSSR count). The summed E-state index contributed by atoms with van der Waals surface area (Å²) in [6.07, 6.45) is 0. The van der Waals surface area contributed by atoms with Gasteiger partial charge in [-0.15, -0.1) is 11.3 Å². The van der Waals surface area contributed by atoms with Crippen molar-refractivity contribution in [1.82, 2.24) is 4.57 Å². The van der Waals surface area contributed by atoms with Gasteiger partial charge in [0, 0.05) is 48.0 Å². The molecular weight excluding hydrogens is 901 g/mol. The summed E-state index contributed by atoms with van der Waals surface area (Å²) in [6, 6.07) is 102. The Kier molecular flexibility index (Phi) is 10.4. The molecule has 0 saturated heterocycles. The highest BCUT2D eigenvalue weighted by Gasteiger charge is 2.20. The summed E-state index contributed by atoms with van der Waals surface area (Å²) in [7, 11) is 0. The van der Waals surface area contributed by atoms with Gasteiger partial charge in [-0.2, -0.15) is 0 Å². The van der Waals surface area contributed by atoms with E-state index in [1.165, 1.54) is 103 Å². The number of aromatic nitrogens is 1. The first kappa shape index (κ1) is 42.6. The van der Waals surface area contributed by atoms with E-state index in [0.717, 1.165) is 28.2 Å². The predicted octanol–water partition coefficient (Wildman–Crippen LogP) is 20.1. The lowest BCUT2D eigenvalue weighted by molar-refractivity contribution is 1.20. The Balaban J connectivity index is 0.841. The van der Waals surface area contributed by atoms with Crippen molar-refractivity contribution in [2.45, 2.75) is 0 Å². The molecule has 12 aromatic carbocycles. The first-order valence-electron chi connectivity index (χ1n) is 25.0. The molecule has 0 fully saturated rings. The van der Waals surface area contributed by atoms with E-state index in [1.54, 1.807) is 0 Å². The molecule has 0 atom stereocenters. The van der Waals surface area contributed by atoms with Crippen LogP contribution in [0.3, 0.4) is 0 Å². The van der Waals surface area contributed by atoms with E-state index in [2.05, 4.69) is 289 Å². The molecule has 0 bridgehead atoms. The van der Waals surface area contributed by atoms with Crippen LogP contribution in [0, 0.1) is 0 Å². The quantitative estimate of drug-likeness (QED) is 0.140. The van der Waals surface area contributed by atoms with E-state index in [1.807, 2.05) is 11.3 Å². The lowest BCUT2D eigenvalue weighted by atomic mass is 9.95. The van der Waals surface area contributed by atoms with Gasteiger partial charge in [-0.25, -0.2) is 0 Å². The fraction of sp³-hybridized carbons (Fsp3) is 0. The number of hydrogen-bond acceptors (Lipinski definition) is 2. The molecule has 342 valence electrons. The number of anilines is 3. The second-order valence-electron chi connectivity index (χ2n) is 18.8. The van der Waals surface area contributed by atoms with Crippen LogP contribution in [0.1, 0.15) is 0 Å². The standard InChI is InChI=1S/C70H46N2S/c1-2-15-47(16-3-1)49-37-41-56(42-38-49)71(57-43-39-50(40-44-57)48-33-35-52(36-34-48)60-26-12-18-51-17-4-5-23-59(51)60)58-22-11-20-54(46-58)53-19-10-21-55(45-53)61-27-13-29-65-69(61)62-24-6-8-28-64(62)72(65)66-30-14-32-68-70(66)63-25-7-9-31-67(63)73-68/h1-46H. The molecule has 0 spiro atoms. The van der Waals surface area contributed by atoms with E-state index in [4.69, 9.17) is 0 Å². The van der Waals surface area contributed by atoms with Gasteiger partial charge < -0.3 is 9.47 Å². The molecule has 0 aliphatic rings. The van der Waals surface area contributed by atoms with E-state index in [9.17, 15) is 0 Å². The van der Waals surface area contributed by atoms with Crippen LogP contribution in [0.25, 0.3) is 114 Å². The normalized spacial score (nSPS) is 11.6. The van der Waals surface area contributed by atoms with Crippen molar-refractivity contribution in [2.75, 3.05) is 4.90 Å². The molecule has 0 radical (unpaired) electrons. The van der Waals surface area contributed by atoms with Crippen LogP contribution in [0.2, 0.25) is 0 Å². The Hall–Kier alpha value is -9.28. The topological polar surface area (TPSA) is 8.17 Å². The first-order valence-corrected chi connectivity index (χ1v) is 25.8. The van der Waals surface area contributed by atoms with Crippen LogP contribution in [0.4, 0.5) is 17.1 Å². The number of rotatable bonds is 9. The van der Waals surface area contributed by atoms with Crippen molar-refractivity contribution in [1.29, 1.82) is 0 Å². The third-order valence-corrected chi connectivity index (χ3v) is 15.7. The highest BCUT2D eigenvalue weighted by molar-refractivity contribution is 7.25. The Morgan fingerprint density at radius 2 is 0.781 bits per heavy atom. The molecule has 2 aromatic heterocycles. The molecule has 14 aromatic rings. The molecule has 0 aliphatic carbocycles. The molecule has 2 heterocycles. The van der Waals surface area contributed by atoms with E-state index in [0.29, 0.717) is 0 Å². The number of para-hydroxylation sites is 1. The summed E-state index contributed by atoms with van der Waals surface area (Å²) in [5.41, 5.74) is 18.8. The maximum Gasteiger partial charge on any atom is 0.0555 e. The number of nitrogens with zero attached hydrogens (tertiary/aromatic N) is 2. The van der Waals surface area contributed by atoms with Gasteiger partial charge in [0.25, 0.3) is 0 Å². The Labute approximate surface area is 428 Å². The molecule has 0 aliphatic heterocycles. The van der Waals surface area contributed by atoms with Crippen LogP contribution in [0.15, 0.2) is 279 Å². The summed E-state index contributed by atoms with van der Waals surface area (Å²) in [5.74, 6) is 0. The highest BCUT2D eigenvalue weighted by atomic mass is 32.1. The van der Waals surface area contributed by atoms with Gasteiger partial charge in [0.05, 0.1) is 16.7 Å². The first-order chi connectivity index (χ1) is 36.2. The van der Waals surface area contributed by atoms with E-state index < -0.39 is 0 Å². The zero-order valence-corrected chi connectivity index (χ0v) is 40.7. The van der Waals surface area contributed by atoms with Gasteiger partial charge in [0.1, 0.15) is 0 Å². The summed E-state index contributed by atoms with van der Waals surface area (Å²) < 4.78 is 5.10. The predicted molar refractivity (Wildman–Crippen MR) is 313 cm³/mol. The Morgan fingerprint density at radius 1 is 0.274 bits per heavy atom. The van der Waals surface area contributed by atoms with Crippen molar-refractivity contribution in [2.24, 2.45) is 0 Å². The summed E-state index contributed by atoms with van der Waals surface area (Å²) in [4.78, 5) is 2.38. The molecule has 0 saturated carbocycles. The second-order valence-corrected chi connectivity index (χ2v) is 19.9. The molecule has 0 unspecified atom stereocenters. The molecule has 0 amide bonds. The largest absolute Gasteiger partial charge is 0.310 e. The summed E-state index contributed by atoms with van der Waals surface area (Å²) in [5, 5.41) is 7.63. The Bertz CT molecular complexity index is 4350. The number of thiophene rings is 1. The Morgan fingerprint density at radius 3 is 1.56 bits per heavy atom. The number of hydrogen-bond donors (Lipinski definition) is 0. The van der Waals surface area contributed by atoms with Crippen LogP contribution in [-0.4, -0.2) is 4.57 Å². The van der Waals surface area contributed by atoms with Crippen LogP contribution in [0.5, 0.6) is 0 Å². The van der Waals surface area contributed by atoms with Crippen molar-refractivity contribution in [3.63, 3.8) is 0 Å². The maximum absolute atomic E-state index is 2.49. The van der Waals surface area contributed by atoms with Gasteiger partial charge in [0.15, 0.2) is 0 Å². The van der Waals surface area contributed by atoms with E-state index >= 15 is 0 Å². The average Bonchev–Trinajstić information content (AvgIpc) is 4.03. The van der Waals surface area contributed by atoms with Crippen LogP contribution >= 0.6 is 11.3 Å². The van der Waals surface area contributed by atoms with Gasteiger partial charge in [-0.3, -0.25) is 0 Å². The summed E-state index contributed by atoms with van der Waals surface area (Å²) >= 11 is 1.87. The third-order valence-electron chi connectivity index (χ3n) is 14.6. The van der Waals surface area contributed by atoms with Gasteiger partial charge in [-0.05, 0) is 139 Å². The van der Waals surface area contributed by atoms with Crippen LogP contribution in [-0.2, 0) is 0 Å². The SMILES string of the molecule is c1ccc(-c2ccc(N(c3ccc(-c4ccc(-c5cccc6ccccc56)cc4)cc3)c3cccc(-c4cccc(-c5cccc6c5c5ccccc5n6-c5cccc6sc7ccccc7c56)c4)c3)cc2)cc1. The smallest absolute Gasteiger partial charge is 0.0555 e.